The third-order valence-corrected chi connectivity index (χ3v) is 8.45. The van der Waals surface area contributed by atoms with Gasteiger partial charge in [-0.05, 0) is 84.8 Å². The van der Waals surface area contributed by atoms with E-state index < -0.39 is 12.0 Å². The second-order valence-corrected chi connectivity index (χ2v) is 11.3. The molecule has 0 bridgehead atoms. The van der Waals surface area contributed by atoms with Crippen LogP contribution in [0, 0.1) is 3.57 Å². The van der Waals surface area contributed by atoms with E-state index in [-0.39, 0.29) is 23.5 Å². The Labute approximate surface area is 250 Å². The summed E-state index contributed by atoms with van der Waals surface area (Å²) in [5.74, 6) is 0.748. The third-order valence-electron chi connectivity index (χ3n) is 5.96. The highest BCUT2D eigenvalue weighted by Gasteiger charge is 2.35. The highest BCUT2D eigenvalue weighted by Crippen LogP contribution is 2.41. The van der Waals surface area contributed by atoms with Crippen molar-refractivity contribution in [2.75, 3.05) is 27.4 Å². The van der Waals surface area contributed by atoms with Gasteiger partial charge in [-0.1, -0.05) is 27.3 Å². The number of thiazole rings is 1. The highest BCUT2D eigenvalue weighted by atomic mass is 127. The Morgan fingerprint density at radius 1 is 1.15 bits per heavy atom. The Morgan fingerprint density at radius 3 is 2.49 bits per heavy atom. The molecule has 0 unspecified atom stereocenters. The fourth-order valence-electron chi connectivity index (χ4n) is 4.26. The van der Waals surface area contributed by atoms with E-state index in [2.05, 4.69) is 20.9 Å². The third kappa shape index (κ3) is 5.59. The number of hydrogen-bond donors (Lipinski definition) is 1. The van der Waals surface area contributed by atoms with Crippen LogP contribution in [0.3, 0.4) is 0 Å². The zero-order chi connectivity index (χ0) is 28.4. The van der Waals surface area contributed by atoms with Crippen molar-refractivity contribution >= 4 is 61.9 Å². The van der Waals surface area contributed by atoms with Crippen molar-refractivity contribution in [1.82, 2.24) is 4.57 Å². The molecule has 0 fully saturated rings. The SMILES string of the molecule is CCOC(=O)C1=C(C)N=c2s/c(=C\c3cc(I)c(O)c(OCC)c3)c(=O)n2[C@@H]1c1cc(OC)c(OC)cc1Br. The fraction of sp³-hybridized carbons (Fsp3) is 0.296. The smallest absolute Gasteiger partial charge is 0.338 e. The van der Waals surface area contributed by atoms with Gasteiger partial charge in [0.2, 0.25) is 0 Å². The van der Waals surface area contributed by atoms with Gasteiger partial charge in [-0.25, -0.2) is 9.79 Å². The summed E-state index contributed by atoms with van der Waals surface area (Å²) in [5.41, 5.74) is 1.65. The predicted octanol–water partition coefficient (Wildman–Crippen LogP) is 4.29. The molecule has 1 aromatic heterocycles. The van der Waals surface area contributed by atoms with Crippen LogP contribution in [-0.4, -0.2) is 43.1 Å². The summed E-state index contributed by atoms with van der Waals surface area (Å²) in [6.45, 7) is 5.82. The van der Waals surface area contributed by atoms with Gasteiger partial charge < -0.3 is 24.1 Å². The zero-order valence-corrected chi connectivity index (χ0v) is 26.4. The molecule has 0 saturated heterocycles. The van der Waals surface area contributed by atoms with Crippen LogP contribution >= 0.6 is 49.9 Å². The molecule has 1 aliphatic heterocycles. The number of aromatic nitrogens is 1. The molecule has 9 nitrogen and oxygen atoms in total. The van der Waals surface area contributed by atoms with Crippen LogP contribution in [0.1, 0.15) is 37.9 Å². The van der Waals surface area contributed by atoms with Gasteiger partial charge in [0.05, 0.1) is 52.8 Å². The monoisotopic (exact) mass is 728 g/mol. The van der Waals surface area contributed by atoms with Crippen molar-refractivity contribution in [3.05, 3.63) is 74.4 Å². The molecule has 1 aliphatic rings. The van der Waals surface area contributed by atoms with E-state index in [1.165, 1.54) is 30.1 Å². The first-order valence-electron chi connectivity index (χ1n) is 11.9. The topological polar surface area (TPSA) is 109 Å². The van der Waals surface area contributed by atoms with E-state index in [0.717, 1.165) is 0 Å². The molecule has 0 spiro atoms. The summed E-state index contributed by atoms with van der Waals surface area (Å²) in [6, 6.07) is 6.07. The first-order valence-corrected chi connectivity index (χ1v) is 14.6. The lowest BCUT2D eigenvalue weighted by atomic mass is 9.95. The Morgan fingerprint density at radius 2 is 1.85 bits per heavy atom. The molecule has 2 heterocycles. The minimum absolute atomic E-state index is 0.0454. The molecule has 3 aromatic rings. The molecule has 12 heteroatoms. The number of allylic oxidation sites excluding steroid dienone is 1. The molecule has 0 saturated carbocycles. The molecule has 2 aromatic carbocycles. The van der Waals surface area contributed by atoms with Gasteiger partial charge in [0.25, 0.3) is 5.56 Å². The second kappa shape index (κ2) is 12.1. The molecular formula is C27H26BrIN2O7S. The summed E-state index contributed by atoms with van der Waals surface area (Å²) in [5, 5.41) is 10.3. The zero-order valence-electron chi connectivity index (χ0n) is 21.8. The van der Waals surface area contributed by atoms with E-state index >= 15 is 0 Å². The van der Waals surface area contributed by atoms with Crippen LogP contribution in [0.5, 0.6) is 23.0 Å². The van der Waals surface area contributed by atoms with E-state index in [0.29, 0.717) is 58.1 Å². The standard InChI is InChI=1S/C27H26BrIN2O7S/c1-6-37-20-9-14(8-17(29)24(20)32)10-21-25(33)31-23(15-11-18(35-4)19(36-5)12-16(15)28)22(26(34)38-7-2)13(3)30-27(31)39-21/h8-12,23,32H,6-7H2,1-5H3/b21-10-/t23-/m1/s1. The van der Waals surface area contributed by atoms with Gasteiger partial charge in [-0.15, -0.1) is 0 Å². The number of rotatable bonds is 8. The number of fused-ring (bicyclic) bond motifs is 1. The maximum atomic E-state index is 13.9. The first kappa shape index (κ1) is 29.2. The number of nitrogens with zero attached hydrogens (tertiary/aromatic N) is 2. The summed E-state index contributed by atoms with van der Waals surface area (Å²) in [7, 11) is 3.05. The van der Waals surface area contributed by atoms with Crippen LogP contribution in [0.25, 0.3) is 6.08 Å². The normalized spacial score (nSPS) is 15.1. The lowest BCUT2D eigenvalue weighted by Crippen LogP contribution is -2.40. The fourth-order valence-corrected chi connectivity index (χ4v) is 6.47. The molecule has 0 amide bonds. The van der Waals surface area contributed by atoms with E-state index in [4.69, 9.17) is 18.9 Å². The predicted molar refractivity (Wildman–Crippen MR) is 160 cm³/mol. The molecule has 1 N–H and O–H groups in total. The van der Waals surface area contributed by atoms with Gasteiger partial charge in [0, 0.05) is 4.47 Å². The number of carbonyl (C=O) groups excluding carboxylic acids is 1. The molecule has 206 valence electrons. The van der Waals surface area contributed by atoms with Gasteiger partial charge in [-0.3, -0.25) is 9.36 Å². The Balaban J connectivity index is 2.00. The average molecular weight is 729 g/mol. The van der Waals surface area contributed by atoms with Crippen LogP contribution in [0.2, 0.25) is 0 Å². The molecule has 1 atom stereocenters. The number of hydrogen-bond acceptors (Lipinski definition) is 9. The second-order valence-electron chi connectivity index (χ2n) is 8.31. The maximum absolute atomic E-state index is 13.9. The summed E-state index contributed by atoms with van der Waals surface area (Å²) in [6.07, 6.45) is 1.72. The van der Waals surface area contributed by atoms with E-state index in [9.17, 15) is 14.7 Å². The summed E-state index contributed by atoms with van der Waals surface area (Å²) < 4.78 is 25.0. The molecule has 4 rings (SSSR count). The average Bonchev–Trinajstić information content (AvgIpc) is 3.20. The molecule has 0 radical (unpaired) electrons. The van der Waals surface area contributed by atoms with Crippen molar-refractivity contribution in [1.29, 1.82) is 0 Å². The minimum Gasteiger partial charge on any atom is -0.504 e. The van der Waals surface area contributed by atoms with Gasteiger partial charge in [0.15, 0.2) is 27.8 Å². The van der Waals surface area contributed by atoms with Crippen LogP contribution in [0.4, 0.5) is 0 Å². The summed E-state index contributed by atoms with van der Waals surface area (Å²) in [4.78, 5) is 32.2. The lowest BCUT2D eigenvalue weighted by molar-refractivity contribution is -0.139. The van der Waals surface area contributed by atoms with Crippen molar-refractivity contribution in [3.8, 4) is 23.0 Å². The number of halogens is 2. The van der Waals surface area contributed by atoms with Crippen molar-refractivity contribution < 1.29 is 28.8 Å². The van der Waals surface area contributed by atoms with Crippen LogP contribution < -0.4 is 29.1 Å². The number of methoxy groups -OCH3 is 2. The number of phenolic OH excluding ortho intramolecular Hbond substituents is 1. The lowest BCUT2D eigenvalue weighted by Gasteiger charge is -2.26. The Kier molecular flexibility index (Phi) is 9.07. The van der Waals surface area contributed by atoms with Crippen LogP contribution in [-0.2, 0) is 9.53 Å². The number of carbonyl (C=O) groups is 1. The minimum atomic E-state index is -0.837. The number of phenols is 1. The van der Waals surface area contributed by atoms with E-state index in [1.807, 2.05) is 29.5 Å². The number of esters is 1. The Hall–Kier alpha value is -2.84. The number of aromatic hydroxyl groups is 1. The number of benzene rings is 2. The van der Waals surface area contributed by atoms with Gasteiger partial charge in [0.1, 0.15) is 0 Å². The van der Waals surface area contributed by atoms with Crippen molar-refractivity contribution in [2.24, 2.45) is 4.99 Å². The molecule has 39 heavy (non-hydrogen) atoms. The summed E-state index contributed by atoms with van der Waals surface area (Å²) >= 11 is 6.82. The van der Waals surface area contributed by atoms with Crippen molar-refractivity contribution in [3.63, 3.8) is 0 Å². The highest BCUT2D eigenvalue weighted by molar-refractivity contribution is 14.1. The van der Waals surface area contributed by atoms with Crippen LogP contribution in [0.15, 0.2) is 49.8 Å². The maximum Gasteiger partial charge on any atom is 0.338 e. The Bertz CT molecular complexity index is 1660. The molecule has 0 aliphatic carbocycles. The van der Waals surface area contributed by atoms with Gasteiger partial charge in [-0.2, -0.15) is 0 Å². The van der Waals surface area contributed by atoms with Gasteiger partial charge >= 0.3 is 5.97 Å². The number of ether oxygens (including phenoxy) is 4. The van der Waals surface area contributed by atoms with Crippen molar-refractivity contribution in [2.45, 2.75) is 26.8 Å². The first-order chi connectivity index (χ1) is 18.6. The largest absolute Gasteiger partial charge is 0.504 e. The quantitative estimate of drug-likeness (QED) is 0.273. The molecular weight excluding hydrogens is 703 g/mol. The van der Waals surface area contributed by atoms with E-state index in [1.54, 1.807) is 44.2 Å².